The lowest BCUT2D eigenvalue weighted by Crippen LogP contribution is -2.29. The van der Waals surface area contributed by atoms with E-state index in [2.05, 4.69) is 0 Å². The van der Waals surface area contributed by atoms with E-state index in [0.717, 1.165) is 4.90 Å². The minimum absolute atomic E-state index is 0.104. The maximum Gasteiger partial charge on any atom is 0.300 e. The summed E-state index contributed by atoms with van der Waals surface area (Å²) >= 11 is 0. The summed E-state index contributed by atoms with van der Waals surface area (Å²) in [5.74, 6) is -2.26. The quantitative estimate of drug-likeness (QED) is 0.289. The summed E-state index contributed by atoms with van der Waals surface area (Å²) in [5, 5.41) is 26.2. The van der Waals surface area contributed by atoms with Crippen molar-refractivity contribution in [2.24, 2.45) is 5.14 Å². The Kier molecular flexibility index (Phi) is 5.86. The van der Waals surface area contributed by atoms with Crippen LogP contribution >= 0.6 is 0 Å². The van der Waals surface area contributed by atoms with Gasteiger partial charge in [0.1, 0.15) is 5.76 Å². The number of hydrogen-bond acceptors (Lipinski definition) is 7. The molecule has 3 aromatic carbocycles. The summed E-state index contributed by atoms with van der Waals surface area (Å²) in [7, 11) is -2.62. The number of sulfonamides is 1. The van der Waals surface area contributed by atoms with Gasteiger partial charge in [0.15, 0.2) is 11.5 Å². The lowest BCUT2D eigenvalue weighted by molar-refractivity contribution is -0.132. The second-order valence-electron chi connectivity index (χ2n) is 7.51. The standard InChI is InChI=1S/C24H20N2O7S/c1-33-19-13-15(7-12-18(19)27)21-20(22(28)14-5-3-2-4-6-14)23(29)24(30)26(21)16-8-10-17(11-9-16)34(25,31)32/h2-13,21,27-28H,1H3,(H2,25,31,32)/b22-20+. The van der Waals surface area contributed by atoms with Crippen molar-refractivity contribution in [2.45, 2.75) is 10.9 Å². The molecule has 0 aliphatic carbocycles. The highest BCUT2D eigenvalue weighted by Gasteiger charge is 2.47. The number of amides is 1. The molecule has 1 aliphatic heterocycles. The van der Waals surface area contributed by atoms with Gasteiger partial charge < -0.3 is 14.9 Å². The van der Waals surface area contributed by atoms with Gasteiger partial charge in [-0.05, 0) is 42.0 Å². The van der Waals surface area contributed by atoms with Gasteiger partial charge in [0.25, 0.3) is 11.7 Å². The molecule has 1 heterocycles. The third-order valence-corrected chi connectivity index (χ3v) is 6.38. The summed E-state index contributed by atoms with van der Waals surface area (Å²) < 4.78 is 28.4. The maximum atomic E-state index is 13.1. The van der Waals surface area contributed by atoms with E-state index in [9.17, 15) is 28.2 Å². The minimum atomic E-state index is -3.97. The number of ether oxygens (including phenoxy) is 1. The first-order valence-corrected chi connectivity index (χ1v) is 11.5. The van der Waals surface area contributed by atoms with Crippen molar-refractivity contribution in [3.63, 3.8) is 0 Å². The van der Waals surface area contributed by atoms with Crippen molar-refractivity contribution in [1.82, 2.24) is 0 Å². The molecule has 0 bridgehead atoms. The van der Waals surface area contributed by atoms with Gasteiger partial charge >= 0.3 is 0 Å². The predicted molar refractivity (Wildman–Crippen MR) is 124 cm³/mol. The molecule has 0 radical (unpaired) electrons. The molecule has 34 heavy (non-hydrogen) atoms. The molecule has 1 aliphatic rings. The van der Waals surface area contributed by atoms with Crippen molar-refractivity contribution in [3.8, 4) is 11.5 Å². The van der Waals surface area contributed by atoms with Crippen LogP contribution in [-0.4, -0.2) is 37.4 Å². The normalized spacial score (nSPS) is 17.7. The van der Waals surface area contributed by atoms with E-state index in [1.165, 1.54) is 49.6 Å². The Labute approximate surface area is 195 Å². The number of aromatic hydroxyl groups is 1. The molecular weight excluding hydrogens is 460 g/mol. The van der Waals surface area contributed by atoms with E-state index in [0.29, 0.717) is 11.1 Å². The van der Waals surface area contributed by atoms with Gasteiger partial charge in [0, 0.05) is 11.3 Å². The summed E-state index contributed by atoms with van der Waals surface area (Å²) in [6.45, 7) is 0. The highest BCUT2D eigenvalue weighted by atomic mass is 32.2. The van der Waals surface area contributed by atoms with Gasteiger partial charge in [0.05, 0.1) is 23.6 Å². The summed E-state index contributed by atoms with van der Waals surface area (Å²) in [6.07, 6.45) is 0. The first kappa shape index (κ1) is 23.0. The van der Waals surface area contributed by atoms with Crippen molar-refractivity contribution in [2.75, 3.05) is 12.0 Å². The lowest BCUT2D eigenvalue weighted by Gasteiger charge is -2.26. The van der Waals surface area contributed by atoms with E-state index in [1.54, 1.807) is 30.3 Å². The van der Waals surface area contributed by atoms with E-state index in [4.69, 9.17) is 9.88 Å². The summed E-state index contributed by atoms with van der Waals surface area (Å²) in [6, 6.07) is 16.6. The molecule has 174 valence electrons. The fourth-order valence-corrected chi connectivity index (χ4v) is 4.34. The fourth-order valence-electron chi connectivity index (χ4n) is 3.83. The van der Waals surface area contributed by atoms with Gasteiger partial charge in [-0.2, -0.15) is 0 Å². The topological polar surface area (TPSA) is 147 Å². The number of Topliss-reactive ketones (excluding diaryl/α,β-unsaturated/α-hetero) is 1. The first-order valence-electron chi connectivity index (χ1n) is 9.99. The molecule has 0 spiro atoms. The fraction of sp³-hybridized carbons (Fsp3) is 0.0833. The number of aliphatic hydroxyl groups excluding tert-OH is 1. The Morgan fingerprint density at radius 3 is 2.24 bits per heavy atom. The number of carbonyl (C=O) groups is 2. The van der Waals surface area contributed by atoms with Crippen molar-refractivity contribution < 1.29 is 33.0 Å². The van der Waals surface area contributed by atoms with Crippen LogP contribution in [0.2, 0.25) is 0 Å². The SMILES string of the molecule is COc1cc(C2/C(=C(\O)c3ccccc3)C(=O)C(=O)N2c2ccc(S(N)(=O)=O)cc2)ccc1O. The van der Waals surface area contributed by atoms with Crippen molar-refractivity contribution >= 4 is 33.2 Å². The van der Waals surface area contributed by atoms with E-state index in [-0.39, 0.29) is 33.4 Å². The molecule has 0 saturated carbocycles. The number of hydrogen-bond donors (Lipinski definition) is 3. The number of nitrogens with two attached hydrogens (primary N) is 1. The monoisotopic (exact) mass is 480 g/mol. The lowest BCUT2D eigenvalue weighted by atomic mass is 9.95. The molecule has 9 nitrogen and oxygen atoms in total. The second-order valence-corrected chi connectivity index (χ2v) is 9.07. The molecule has 1 unspecified atom stereocenters. The number of ketones is 1. The van der Waals surface area contributed by atoms with Crippen LogP contribution in [0.1, 0.15) is 17.2 Å². The van der Waals surface area contributed by atoms with Crippen LogP contribution in [0.25, 0.3) is 5.76 Å². The highest BCUT2D eigenvalue weighted by molar-refractivity contribution is 7.89. The average Bonchev–Trinajstić information content (AvgIpc) is 3.09. The molecule has 1 fully saturated rings. The molecular formula is C24H20N2O7S. The minimum Gasteiger partial charge on any atom is -0.507 e. The number of nitrogens with zero attached hydrogens (tertiary/aromatic N) is 1. The third kappa shape index (κ3) is 4.00. The Morgan fingerprint density at radius 1 is 1.00 bits per heavy atom. The number of rotatable bonds is 5. The zero-order chi connectivity index (χ0) is 24.6. The highest BCUT2D eigenvalue weighted by Crippen LogP contribution is 2.44. The largest absolute Gasteiger partial charge is 0.507 e. The zero-order valence-electron chi connectivity index (χ0n) is 17.9. The van der Waals surface area contributed by atoms with Crippen LogP contribution in [0.15, 0.2) is 83.3 Å². The molecule has 1 saturated heterocycles. The van der Waals surface area contributed by atoms with Crippen molar-refractivity contribution in [1.29, 1.82) is 0 Å². The molecule has 3 aromatic rings. The number of anilines is 1. The number of benzene rings is 3. The number of aliphatic hydroxyl groups is 1. The van der Waals surface area contributed by atoms with Crippen LogP contribution in [0.4, 0.5) is 5.69 Å². The Hall–Kier alpha value is -4.15. The van der Waals surface area contributed by atoms with Gasteiger partial charge in [-0.25, -0.2) is 13.6 Å². The molecule has 4 N–H and O–H groups in total. The Morgan fingerprint density at radius 2 is 1.65 bits per heavy atom. The smallest absolute Gasteiger partial charge is 0.300 e. The van der Waals surface area contributed by atoms with Crippen LogP contribution in [-0.2, 0) is 19.6 Å². The van der Waals surface area contributed by atoms with Gasteiger partial charge in [-0.1, -0.05) is 36.4 Å². The number of carbonyl (C=O) groups excluding carboxylic acids is 2. The average molecular weight is 480 g/mol. The van der Waals surface area contributed by atoms with Gasteiger partial charge in [-0.3, -0.25) is 14.5 Å². The number of primary sulfonamides is 1. The molecule has 4 rings (SSSR count). The zero-order valence-corrected chi connectivity index (χ0v) is 18.7. The second kappa shape index (κ2) is 8.65. The third-order valence-electron chi connectivity index (χ3n) is 5.45. The van der Waals surface area contributed by atoms with Crippen molar-refractivity contribution in [3.05, 3.63) is 89.5 Å². The van der Waals surface area contributed by atoms with Crippen LogP contribution in [0.5, 0.6) is 11.5 Å². The van der Waals surface area contributed by atoms with E-state index >= 15 is 0 Å². The molecule has 0 aromatic heterocycles. The summed E-state index contributed by atoms with van der Waals surface area (Å²) in [4.78, 5) is 27.3. The van der Waals surface area contributed by atoms with Gasteiger partial charge in [-0.15, -0.1) is 0 Å². The van der Waals surface area contributed by atoms with Crippen LogP contribution in [0, 0.1) is 0 Å². The number of methoxy groups -OCH3 is 1. The summed E-state index contributed by atoms with van der Waals surface area (Å²) in [5.41, 5.74) is 0.751. The predicted octanol–water partition coefficient (Wildman–Crippen LogP) is 2.67. The van der Waals surface area contributed by atoms with Gasteiger partial charge in [0.2, 0.25) is 10.0 Å². The van der Waals surface area contributed by atoms with Crippen LogP contribution < -0.4 is 14.8 Å². The number of phenols is 1. The molecule has 1 amide bonds. The molecule has 10 heteroatoms. The van der Waals surface area contributed by atoms with E-state index in [1.807, 2.05) is 0 Å². The maximum absolute atomic E-state index is 13.1. The Balaban J connectivity index is 1.95. The van der Waals surface area contributed by atoms with Crippen LogP contribution in [0.3, 0.4) is 0 Å². The first-order chi connectivity index (χ1) is 16.1. The number of phenolic OH excluding ortho intramolecular Hbond substituents is 1. The van der Waals surface area contributed by atoms with E-state index < -0.39 is 27.8 Å². The molecule has 1 atom stereocenters. The Bertz CT molecular complexity index is 1420.